The maximum atomic E-state index is 14.6. The van der Waals surface area contributed by atoms with Crippen LogP contribution in [0.25, 0.3) is 0 Å². The Morgan fingerprint density at radius 1 is 1.16 bits per heavy atom. The van der Waals surface area contributed by atoms with E-state index in [1.165, 1.54) is 28.7 Å². The summed E-state index contributed by atoms with van der Waals surface area (Å²) in [7, 11) is 0. The fourth-order valence-corrected chi connectivity index (χ4v) is 5.62. The van der Waals surface area contributed by atoms with Crippen molar-refractivity contribution in [2.45, 2.75) is 62.4 Å². The highest BCUT2D eigenvalue weighted by atomic mass is 127. The highest BCUT2D eigenvalue weighted by molar-refractivity contribution is 14.1. The Morgan fingerprint density at radius 2 is 1.78 bits per heavy atom. The lowest BCUT2D eigenvalue weighted by Crippen LogP contribution is -2.48. The average molecular weight is 631 g/mol. The van der Waals surface area contributed by atoms with Crippen molar-refractivity contribution in [1.29, 1.82) is 0 Å². The molecule has 2 aromatic carbocycles. The van der Waals surface area contributed by atoms with E-state index in [4.69, 9.17) is 0 Å². The molecule has 1 aliphatic heterocycles. The monoisotopic (exact) mass is 630 g/mol. The zero-order valence-corrected chi connectivity index (χ0v) is 24.3. The fourth-order valence-electron chi connectivity index (χ4n) is 5.13. The zero-order valence-electron chi connectivity index (χ0n) is 22.1. The van der Waals surface area contributed by atoms with Crippen molar-refractivity contribution < 1.29 is 23.1 Å². The molecular weight excluding hydrogens is 592 g/mol. The Hall–Kier alpha value is -1.65. The Morgan fingerprint density at radius 3 is 2.32 bits per heavy atom. The van der Waals surface area contributed by atoms with Gasteiger partial charge in [0, 0.05) is 60.8 Å². The standard InChI is InChI=1S/C29H38F3IN2O2/c1-21(22-8-6-5-7-9-22)18-34(20-29(31,32)33)19-28(4)12-14-35(15-13-28)26(36)23-10-11-24(25(30)16-23)17-27(2,3)37/h5-11,16,21,37H,12-15,17-20H2,1-4H3. The normalized spacial score (nSPS) is 17.2. The highest BCUT2D eigenvalue weighted by Gasteiger charge is 2.37. The van der Waals surface area contributed by atoms with E-state index in [0.717, 1.165) is 5.56 Å². The van der Waals surface area contributed by atoms with Gasteiger partial charge in [0.05, 0.1) is 12.1 Å². The number of rotatable bonds is 10. The van der Waals surface area contributed by atoms with Gasteiger partial charge in [0.1, 0.15) is 5.82 Å². The number of carbonyl (C=O) groups is 1. The van der Waals surface area contributed by atoms with E-state index >= 15 is 0 Å². The molecule has 1 amide bonds. The second-order valence-electron chi connectivity index (χ2n) is 11.5. The second-order valence-corrected chi connectivity index (χ2v) is 13.1. The number of carbonyl (C=O) groups excluding carboxylic acids is 1. The van der Waals surface area contributed by atoms with Crippen molar-refractivity contribution in [2.24, 2.45) is 5.41 Å². The number of aliphatic hydroxyl groups is 1. The SMILES string of the molecule is CC(CN(CC(F)(F)I)CC1(C)CCN(C(=O)c2ccc(CC(C)(C)O)c(F)c2)CC1)c1ccccc1. The van der Waals surface area contributed by atoms with Gasteiger partial charge < -0.3 is 10.0 Å². The van der Waals surface area contributed by atoms with E-state index in [-0.39, 0.29) is 35.8 Å². The molecule has 0 aliphatic carbocycles. The molecule has 3 rings (SSSR count). The van der Waals surface area contributed by atoms with Crippen LogP contribution in [-0.4, -0.2) is 63.1 Å². The summed E-state index contributed by atoms with van der Waals surface area (Å²) in [5, 5.41) is 9.97. The van der Waals surface area contributed by atoms with Crippen molar-refractivity contribution in [3.05, 3.63) is 71.0 Å². The molecule has 1 N–H and O–H groups in total. The summed E-state index contributed by atoms with van der Waals surface area (Å²) in [4.78, 5) is 16.6. The van der Waals surface area contributed by atoms with Gasteiger partial charge in [0.15, 0.2) is 0 Å². The first-order valence-electron chi connectivity index (χ1n) is 12.8. The van der Waals surface area contributed by atoms with Crippen LogP contribution in [0.4, 0.5) is 13.2 Å². The molecule has 37 heavy (non-hydrogen) atoms. The third kappa shape index (κ3) is 9.25. The van der Waals surface area contributed by atoms with Gasteiger partial charge in [-0.25, -0.2) is 4.39 Å². The second kappa shape index (κ2) is 12.0. The molecule has 0 aromatic heterocycles. The average Bonchev–Trinajstić information content (AvgIpc) is 2.79. The maximum absolute atomic E-state index is 14.6. The van der Waals surface area contributed by atoms with Gasteiger partial charge in [-0.2, -0.15) is 8.78 Å². The molecule has 1 aliphatic rings. The first-order chi connectivity index (χ1) is 17.1. The van der Waals surface area contributed by atoms with Crippen molar-refractivity contribution in [1.82, 2.24) is 9.80 Å². The summed E-state index contributed by atoms with van der Waals surface area (Å²) in [6, 6.07) is 14.3. The lowest BCUT2D eigenvalue weighted by molar-refractivity contribution is 0.0264. The summed E-state index contributed by atoms with van der Waals surface area (Å²) in [6.07, 6.45) is 1.52. The number of halogens is 4. The van der Waals surface area contributed by atoms with E-state index in [0.29, 0.717) is 44.6 Å². The quantitative estimate of drug-likeness (QED) is 0.241. The maximum Gasteiger partial charge on any atom is 0.308 e. The summed E-state index contributed by atoms with van der Waals surface area (Å²) in [5.41, 5.74) is 0.514. The van der Waals surface area contributed by atoms with Crippen LogP contribution in [0.5, 0.6) is 0 Å². The summed E-state index contributed by atoms with van der Waals surface area (Å²) < 4.78 is 39.9. The number of piperidine rings is 1. The lowest BCUT2D eigenvalue weighted by Gasteiger charge is -2.43. The largest absolute Gasteiger partial charge is 0.390 e. The van der Waals surface area contributed by atoms with Gasteiger partial charge in [0.25, 0.3) is 5.91 Å². The van der Waals surface area contributed by atoms with E-state index in [2.05, 4.69) is 13.8 Å². The van der Waals surface area contributed by atoms with Crippen LogP contribution >= 0.6 is 22.6 Å². The third-order valence-corrected chi connectivity index (χ3v) is 7.43. The minimum absolute atomic E-state index is 0.111. The Labute approximate surface area is 232 Å². The van der Waals surface area contributed by atoms with Crippen LogP contribution in [-0.2, 0) is 6.42 Å². The molecule has 1 fully saturated rings. The van der Waals surface area contributed by atoms with Crippen LogP contribution in [0.2, 0.25) is 0 Å². The number of alkyl halides is 3. The van der Waals surface area contributed by atoms with Gasteiger partial charge in [0.2, 0.25) is 0 Å². The van der Waals surface area contributed by atoms with E-state index < -0.39 is 15.3 Å². The van der Waals surface area contributed by atoms with Gasteiger partial charge in [-0.3, -0.25) is 9.69 Å². The summed E-state index contributed by atoms with van der Waals surface area (Å²) >= 11 is 1.21. The number of nitrogens with zero attached hydrogens (tertiary/aromatic N) is 2. The third-order valence-electron chi connectivity index (χ3n) is 7.09. The highest BCUT2D eigenvalue weighted by Crippen LogP contribution is 2.35. The molecule has 0 bridgehead atoms. The van der Waals surface area contributed by atoms with E-state index in [9.17, 15) is 23.1 Å². The molecule has 4 nitrogen and oxygen atoms in total. The van der Waals surface area contributed by atoms with Gasteiger partial charge >= 0.3 is 3.93 Å². The van der Waals surface area contributed by atoms with Crippen molar-refractivity contribution in [3.63, 3.8) is 0 Å². The van der Waals surface area contributed by atoms with Crippen molar-refractivity contribution in [3.8, 4) is 0 Å². The van der Waals surface area contributed by atoms with Crippen LogP contribution in [0.3, 0.4) is 0 Å². The summed E-state index contributed by atoms with van der Waals surface area (Å²) in [6.45, 7) is 9.09. The van der Waals surface area contributed by atoms with Crippen LogP contribution in [0.1, 0.15) is 67.9 Å². The number of benzene rings is 2. The fraction of sp³-hybridized carbons (Fsp3) is 0.552. The molecule has 0 spiro atoms. The smallest absolute Gasteiger partial charge is 0.308 e. The Balaban J connectivity index is 1.63. The molecule has 1 heterocycles. The van der Waals surface area contributed by atoms with Crippen molar-refractivity contribution in [2.75, 3.05) is 32.7 Å². The Kier molecular flexibility index (Phi) is 9.72. The minimum Gasteiger partial charge on any atom is -0.390 e. The molecular formula is C29H38F3IN2O2. The molecule has 2 aromatic rings. The first-order valence-corrected chi connectivity index (χ1v) is 13.9. The van der Waals surface area contributed by atoms with Gasteiger partial charge in [-0.1, -0.05) is 50.2 Å². The van der Waals surface area contributed by atoms with E-state index in [1.807, 2.05) is 35.2 Å². The molecule has 8 heteroatoms. The van der Waals surface area contributed by atoms with Crippen LogP contribution in [0.15, 0.2) is 48.5 Å². The number of likely N-dealkylation sites (tertiary alicyclic amines) is 1. The van der Waals surface area contributed by atoms with Crippen LogP contribution < -0.4 is 0 Å². The predicted octanol–water partition coefficient (Wildman–Crippen LogP) is 6.51. The summed E-state index contributed by atoms with van der Waals surface area (Å²) in [5.74, 6) is -0.624. The number of hydrogen-bond acceptors (Lipinski definition) is 3. The number of amides is 1. The van der Waals surface area contributed by atoms with Crippen molar-refractivity contribution >= 4 is 28.5 Å². The van der Waals surface area contributed by atoms with Gasteiger partial charge in [-0.05, 0) is 61.3 Å². The Bertz CT molecular complexity index is 1050. The lowest BCUT2D eigenvalue weighted by atomic mass is 9.79. The first kappa shape index (κ1) is 29.9. The zero-order chi connectivity index (χ0) is 27.4. The number of hydrogen-bond donors (Lipinski definition) is 1. The van der Waals surface area contributed by atoms with Crippen LogP contribution in [0, 0.1) is 11.2 Å². The molecule has 204 valence electrons. The molecule has 1 atom stereocenters. The molecule has 1 unspecified atom stereocenters. The topological polar surface area (TPSA) is 43.8 Å². The minimum atomic E-state index is -2.83. The predicted molar refractivity (Wildman–Crippen MR) is 150 cm³/mol. The van der Waals surface area contributed by atoms with Gasteiger partial charge in [-0.15, -0.1) is 0 Å². The molecule has 0 radical (unpaired) electrons. The van der Waals surface area contributed by atoms with E-state index in [1.54, 1.807) is 30.9 Å². The molecule has 1 saturated heterocycles. The molecule has 0 saturated carbocycles.